The molecule has 0 aliphatic carbocycles. The number of hydrogen-bond acceptors (Lipinski definition) is 7. The Morgan fingerprint density at radius 3 is 2.66 bits per heavy atom. The number of carbonyl (C=O) groups excluding carboxylic acids is 1. The third kappa shape index (κ3) is 7.27. The van der Waals surface area contributed by atoms with Crippen molar-refractivity contribution in [2.45, 2.75) is 44.7 Å². The van der Waals surface area contributed by atoms with Gasteiger partial charge in [-0.3, -0.25) is 4.79 Å². The smallest absolute Gasteiger partial charge is 0.427 e. The van der Waals surface area contributed by atoms with Crippen LogP contribution < -0.4 is 11.1 Å². The first-order chi connectivity index (χ1) is 13.3. The molecule has 2 aromatic rings. The van der Waals surface area contributed by atoms with Crippen LogP contribution in [0, 0.1) is 17.5 Å². The van der Waals surface area contributed by atoms with Crippen molar-refractivity contribution in [2.24, 2.45) is 5.73 Å². The largest absolute Gasteiger partial charge is 0.451 e. The Hall–Kier alpha value is -2.22. The van der Waals surface area contributed by atoms with Crippen LogP contribution in [0.1, 0.15) is 36.7 Å². The second-order valence-corrected chi connectivity index (χ2v) is 6.18. The van der Waals surface area contributed by atoms with Crippen LogP contribution in [0.4, 0.5) is 13.2 Å². The van der Waals surface area contributed by atoms with Gasteiger partial charge in [-0.2, -0.15) is 0 Å². The van der Waals surface area contributed by atoms with Gasteiger partial charge in [0.15, 0.2) is 23.3 Å². The Kier molecular flexibility index (Phi) is 10.0. The lowest BCUT2D eigenvalue weighted by Gasteiger charge is -2.12. The van der Waals surface area contributed by atoms with Gasteiger partial charge in [-0.25, -0.2) is 17.9 Å². The number of nitrogens with two attached hydrogens (primary N) is 1. The average Bonchev–Trinajstić information content (AvgIpc) is 3.10. The van der Waals surface area contributed by atoms with Crippen LogP contribution in [-0.4, -0.2) is 43.3 Å². The minimum atomic E-state index is -1.60. The average molecular weight is 437 g/mol. The van der Waals surface area contributed by atoms with E-state index in [9.17, 15) is 18.0 Å². The Bertz CT molecular complexity index is 814. The standard InChI is InChI=1S/C15H20BF3N6O3.ClH/c17-10-5-4-9(13(18)14(10)19)7-21-12(26)8-25-15(22-23-24-25)11(20)3-1-2-6-16(27)28;/h4-5,11,27-28H,1-3,6-8,20H2,(H,21,26);1H. The van der Waals surface area contributed by atoms with Gasteiger partial charge in [-0.15, -0.1) is 17.5 Å². The fourth-order valence-electron chi connectivity index (χ4n) is 2.50. The van der Waals surface area contributed by atoms with Gasteiger partial charge in [0.1, 0.15) is 6.54 Å². The number of unbranched alkanes of at least 4 members (excludes halogenated alkanes) is 1. The van der Waals surface area contributed by atoms with E-state index in [1.807, 2.05) is 0 Å². The van der Waals surface area contributed by atoms with Crippen LogP contribution >= 0.6 is 12.4 Å². The minimum absolute atomic E-state index is 0. The van der Waals surface area contributed by atoms with Crippen molar-refractivity contribution >= 4 is 25.4 Å². The van der Waals surface area contributed by atoms with Crippen molar-refractivity contribution in [3.05, 3.63) is 41.0 Å². The molecule has 0 saturated carbocycles. The van der Waals surface area contributed by atoms with Crippen molar-refractivity contribution in [2.75, 3.05) is 0 Å². The van der Waals surface area contributed by atoms with Crippen molar-refractivity contribution in [1.29, 1.82) is 0 Å². The summed E-state index contributed by atoms with van der Waals surface area (Å²) in [5, 5.41) is 30.9. The predicted molar refractivity (Wildman–Crippen MR) is 99.0 cm³/mol. The third-order valence-electron chi connectivity index (χ3n) is 4.00. The summed E-state index contributed by atoms with van der Waals surface area (Å²) in [5.74, 6) is -4.59. The number of hydrogen-bond donors (Lipinski definition) is 4. The summed E-state index contributed by atoms with van der Waals surface area (Å²) in [5.41, 5.74) is 5.80. The molecule has 160 valence electrons. The number of tetrazole rings is 1. The summed E-state index contributed by atoms with van der Waals surface area (Å²) in [6.07, 6.45) is 1.84. The fourth-order valence-corrected chi connectivity index (χ4v) is 2.50. The molecule has 9 nitrogen and oxygen atoms in total. The molecular weight excluding hydrogens is 415 g/mol. The Balaban J connectivity index is 0.00000420. The van der Waals surface area contributed by atoms with Crippen LogP contribution in [0.2, 0.25) is 6.32 Å². The molecule has 1 unspecified atom stereocenters. The molecule has 0 radical (unpaired) electrons. The van der Waals surface area contributed by atoms with Crippen LogP contribution in [-0.2, 0) is 17.9 Å². The molecule has 1 aromatic heterocycles. The van der Waals surface area contributed by atoms with Gasteiger partial charge < -0.3 is 21.1 Å². The van der Waals surface area contributed by atoms with Crippen LogP contribution in [0.25, 0.3) is 0 Å². The molecule has 0 spiro atoms. The lowest BCUT2D eigenvalue weighted by molar-refractivity contribution is -0.122. The quantitative estimate of drug-likeness (QED) is 0.241. The minimum Gasteiger partial charge on any atom is -0.427 e. The lowest BCUT2D eigenvalue weighted by Crippen LogP contribution is -2.30. The van der Waals surface area contributed by atoms with E-state index in [-0.39, 0.29) is 43.2 Å². The molecule has 0 saturated heterocycles. The molecule has 5 N–H and O–H groups in total. The van der Waals surface area contributed by atoms with E-state index in [0.29, 0.717) is 19.3 Å². The number of nitrogens with zero attached hydrogens (tertiary/aromatic N) is 4. The zero-order chi connectivity index (χ0) is 20.7. The summed E-state index contributed by atoms with van der Waals surface area (Å²) in [6, 6.07) is 1.24. The molecule has 2 rings (SSSR count). The molecular formula is C15H21BClF3N6O3. The maximum absolute atomic E-state index is 13.6. The number of carbonyl (C=O) groups is 1. The summed E-state index contributed by atoms with van der Waals surface area (Å²) in [7, 11) is -1.37. The summed E-state index contributed by atoms with van der Waals surface area (Å²) < 4.78 is 40.9. The maximum atomic E-state index is 13.6. The summed E-state index contributed by atoms with van der Waals surface area (Å²) in [4.78, 5) is 12.0. The second-order valence-electron chi connectivity index (χ2n) is 6.18. The van der Waals surface area contributed by atoms with Gasteiger partial charge >= 0.3 is 7.12 Å². The molecule has 0 fully saturated rings. The normalized spacial score (nSPS) is 11.7. The van der Waals surface area contributed by atoms with Gasteiger partial charge in [0.05, 0.1) is 6.04 Å². The number of halogens is 4. The summed E-state index contributed by atoms with van der Waals surface area (Å²) in [6.45, 7) is -0.633. The SMILES string of the molecule is Cl.NC(CCCCB(O)O)c1nnnn1CC(=O)NCc1ccc(F)c(F)c1F. The van der Waals surface area contributed by atoms with Crippen molar-refractivity contribution < 1.29 is 28.0 Å². The lowest BCUT2D eigenvalue weighted by atomic mass is 9.83. The first kappa shape index (κ1) is 24.8. The van der Waals surface area contributed by atoms with Gasteiger partial charge in [0.25, 0.3) is 0 Å². The van der Waals surface area contributed by atoms with E-state index in [1.165, 1.54) is 4.68 Å². The molecule has 0 aliphatic heterocycles. The molecule has 14 heteroatoms. The van der Waals surface area contributed by atoms with E-state index in [1.54, 1.807) is 0 Å². The van der Waals surface area contributed by atoms with Crippen LogP contribution in [0.15, 0.2) is 12.1 Å². The van der Waals surface area contributed by atoms with Crippen molar-refractivity contribution in [3.63, 3.8) is 0 Å². The molecule has 0 aliphatic rings. The van der Waals surface area contributed by atoms with E-state index < -0.39 is 36.5 Å². The maximum Gasteiger partial charge on any atom is 0.451 e. The van der Waals surface area contributed by atoms with E-state index in [2.05, 4.69) is 20.8 Å². The fraction of sp³-hybridized carbons (Fsp3) is 0.467. The van der Waals surface area contributed by atoms with Gasteiger partial charge in [-0.05, 0) is 29.2 Å². The van der Waals surface area contributed by atoms with Crippen molar-refractivity contribution in [1.82, 2.24) is 25.5 Å². The Morgan fingerprint density at radius 2 is 1.97 bits per heavy atom. The number of aromatic nitrogens is 4. The van der Waals surface area contributed by atoms with Gasteiger partial charge in [0, 0.05) is 12.1 Å². The molecule has 1 heterocycles. The summed E-state index contributed by atoms with van der Waals surface area (Å²) >= 11 is 0. The third-order valence-corrected chi connectivity index (χ3v) is 4.00. The highest BCUT2D eigenvalue weighted by Gasteiger charge is 2.18. The highest BCUT2D eigenvalue weighted by molar-refractivity contribution is 6.40. The first-order valence-electron chi connectivity index (χ1n) is 8.56. The number of nitrogens with one attached hydrogen (secondary N) is 1. The Labute approximate surface area is 171 Å². The zero-order valence-corrected chi connectivity index (χ0v) is 16.1. The van der Waals surface area contributed by atoms with E-state index >= 15 is 0 Å². The van der Waals surface area contributed by atoms with Crippen molar-refractivity contribution in [3.8, 4) is 0 Å². The Morgan fingerprint density at radius 1 is 1.24 bits per heavy atom. The number of benzene rings is 1. The first-order valence-corrected chi connectivity index (χ1v) is 8.56. The van der Waals surface area contributed by atoms with Gasteiger partial charge in [-0.1, -0.05) is 18.9 Å². The second kappa shape index (κ2) is 11.7. The highest BCUT2D eigenvalue weighted by Crippen LogP contribution is 2.16. The molecule has 0 bridgehead atoms. The van der Waals surface area contributed by atoms with Crippen LogP contribution in [0.5, 0.6) is 0 Å². The van der Waals surface area contributed by atoms with Crippen LogP contribution in [0.3, 0.4) is 0 Å². The van der Waals surface area contributed by atoms with Gasteiger partial charge in [0.2, 0.25) is 5.91 Å². The topological polar surface area (TPSA) is 139 Å². The monoisotopic (exact) mass is 436 g/mol. The highest BCUT2D eigenvalue weighted by atomic mass is 35.5. The molecule has 29 heavy (non-hydrogen) atoms. The molecule has 1 amide bonds. The number of amides is 1. The van der Waals surface area contributed by atoms with E-state index in [4.69, 9.17) is 15.8 Å². The number of rotatable bonds is 10. The van der Waals surface area contributed by atoms with E-state index in [0.717, 1.165) is 12.1 Å². The molecule has 1 atom stereocenters. The predicted octanol–water partition coefficient (Wildman–Crippen LogP) is 0.471. The zero-order valence-electron chi connectivity index (χ0n) is 15.3. The molecule has 1 aromatic carbocycles.